The maximum Gasteiger partial charge on any atom is 0.323 e. The monoisotopic (exact) mass is 968 g/mol. The van der Waals surface area contributed by atoms with Gasteiger partial charge in [-0.3, -0.25) is 47.5 Å². The number of hydrogen-bond donors (Lipinski definition) is 5. The van der Waals surface area contributed by atoms with Gasteiger partial charge in [-0.15, -0.1) is 0 Å². The highest BCUT2D eigenvalue weighted by Gasteiger charge is 2.31. The van der Waals surface area contributed by atoms with Crippen molar-refractivity contribution in [3.05, 3.63) is 150 Å². The molecule has 2 atom stereocenters. The molecule has 21 heteroatoms. The van der Waals surface area contributed by atoms with Crippen LogP contribution in [0.1, 0.15) is 44.7 Å². The average Bonchev–Trinajstić information content (AvgIpc) is 4.07. The SMILES string of the molecule is COC(=O)C1CCNC1.O=C(NCc1ccc(Cl)cc1)c1cc2cccnc2n(CC(=O)N2CCC(C(=O)O)C2)c1=O.O=C(O)Cn1c(=O)c(C(=O)NCc2ccc(Cl)cc2)cc2cccnc21. The highest BCUT2D eigenvalue weighted by atomic mass is 35.5. The molecule has 19 nitrogen and oxygen atoms in total. The summed E-state index contributed by atoms with van der Waals surface area (Å²) >= 11 is 11.7. The number of nitrogens with one attached hydrogen (secondary N) is 3. The first-order valence-electron chi connectivity index (χ1n) is 21.2. The number of methoxy groups -OCH3 is 1. The molecule has 2 aromatic carbocycles. The normalized spacial score (nSPS) is 15.1. The molecule has 68 heavy (non-hydrogen) atoms. The van der Waals surface area contributed by atoms with Crippen LogP contribution in [0.4, 0.5) is 0 Å². The number of hydrogen-bond acceptors (Lipinski definition) is 12. The summed E-state index contributed by atoms with van der Waals surface area (Å²) in [5.74, 6) is -4.30. The molecule has 4 aromatic heterocycles. The van der Waals surface area contributed by atoms with E-state index in [9.17, 15) is 43.5 Å². The van der Waals surface area contributed by atoms with Crippen molar-refractivity contribution in [3.8, 4) is 0 Å². The fourth-order valence-corrected chi connectivity index (χ4v) is 7.62. The number of pyridine rings is 4. The Balaban J connectivity index is 0.000000193. The van der Waals surface area contributed by atoms with Crippen LogP contribution in [-0.2, 0) is 50.1 Å². The third kappa shape index (κ3) is 12.9. The maximum atomic E-state index is 13.2. The zero-order chi connectivity index (χ0) is 48.9. The molecular weight excluding hydrogens is 923 g/mol. The van der Waals surface area contributed by atoms with Crippen LogP contribution in [-0.4, -0.2) is 103 Å². The molecular formula is C47H46Cl2N8O11. The second-order valence-corrected chi connectivity index (χ2v) is 16.5. The van der Waals surface area contributed by atoms with Crippen molar-refractivity contribution in [1.82, 2.24) is 40.0 Å². The summed E-state index contributed by atoms with van der Waals surface area (Å²) in [6, 6.07) is 23.4. The van der Waals surface area contributed by atoms with Crippen molar-refractivity contribution < 1.29 is 43.7 Å². The minimum absolute atomic E-state index is 0.0833. The maximum absolute atomic E-state index is 13.2. The van der Waals surface area contributed by atoms with E-state index in [0.29, 0.717) is 33.8 Å². The Labute approximate surface area is 397 Å². The molecule has 2 aliphatic rings. The predicted molar refractivity (Wildman–Crippen MR) is 250 cm³/mol. The van der Waals surface area contributed by atoms with E-state index in [4.69, 9.17) is 28.3 Å². The number of ether oxygens (including phenoxy) is 1. The highest BCUT2D eigenvalue weighted by molar-refractivity contribution is 6.30. The fraction of sp³-hybridized carbons (Fsp3) is 0.277. The molecule has 6 aromatic rings. The van der Waals surface area contributed by atoms with Gasteiger partial charge < -0.3 is 35.8 Å². The van der Waals surface area contributed by atoms with E-state index in [1.165, 1.54) is 41.1 Å². The van der Waals surface area contributed by atoms with Crippen molar-refractivity contribution >= 4 is 80.9 Å². The number of carboxylic acid groups (broad SMARTS) is 2. The number of aliphatic carboxylic acids is 2. The van der Waals surface area contributed by atoms with Crippen LogP contribution in [0.15, 0.2) is 107 Å². The van der Waals surface area contributed by atoms with Gasteiger partial charge in [0.2, 0.25) is 5.91 Å². The van der Waals surface area contributed by atoms with Gasteiger partial charge in [0.05, 0.1) is 18.9 Å². The Morgan fingerprint density at radius 1 is 0.721 bits per heavy atom. The smallest absolute Gasteiger partial charge is 0.323 e. The van der Waals surface area contributed by atoms with E-state index in [-0.39, 0.29) is 60.5 Å². The molecule has 8 rings (SSSR count). The lowest BCUT2D eigenvalue weighted by molar-refractivity contribution is -0.145. The number of nitrogens with zero attached hydrogens (tertiary/aromatic N) is 5. The summed E-state index contributed by atoms with van der Waals surface area (Å²) in [7, 11) is 1.43. The number of rotatable bonds is 12. The first-order valence-corrected chi connectivity index (χ1v) is 21.9. The summed E-state index contributed by atoms with van der Waals surface area (Å²) in [5.41, 5.74) is 0.532. The van der Waals surface area contributed by atoms with E-state index < -0.39 is 53.2 Å². The molecule has 5 N–H and O–H groups in total. The summed E-state index contributed by atoms with van der Waals surface area (Å²) in [6.45, 7) is 1.62. The van der Waals surface area contributed by atoms with Crippen molar-refractivity contribution in [2.75, 3.05) is 33.3 Å². The number of carbonyl (C=O) groups excluding carboxylic acids is 4. The van der Waals surface area contributed by atoms with Gasteiger partial charge >= 0.3 is 17.9 Å². The average molecular weight is 970 g/mol. The van der Waals surface area contributed by atoms with Gasteiger partial charge in [0.15, 0.2) is 0 Å². The number of likely N-dealkylation sites (tertiary alicyclic amines) is 1. The van der Waals surface area contributed by atoms with Crippen LogP contribution in [0.5, 0.6) is 0 Å². The number of esters is 1. The van der Waals surface area contributed by atoms with Crippen LogP contribution in [0.25, 0.3) is 22.1 Å². The summed E-state index contributed by atoms with van der Waals surface area (Å²) in [4.78, 5) is 107. The number of amides is 3. The van der Waals surface area contributed by atoms with Crippen LogP contribution in [0, 0.1) is 11.8 Å². The summed E-state index contributed by atoms with van der Waals surface area (Å²) in [6.07, 6.45) is 4.24. The molecule has 2 fully saturated rings. The molecule has 3 amide bonds. The Bertz CT molecular complexity index is 2960. The molecule has 6 heterocycles. The number of halogens is 2. The predicted octanol–water partition coefficient (Wildman–Crippen LogP) is 3.75. The zero-order valence-electron chi connectivity index (χ0n) is 36.5. The Morgan fingerprint density at radius 2 is 1.22 bits per heavy atom. The molecule has 0 saturated carbocycles. The lowest BCUT2D eigenvalue weighted by Crippen LogP contribution is -2.38. The van der Waals surface area contributed by atoms with Gasteiger partial charge in [-0.1, -0.05) is 47.5 Å². The standard InChI is InChI=1S/C23H21ClN4O5.C18H14ClN3O4.C6H11NO2/c24-17-5-3-14(4-6-17)11-26-21(30)18-10-15-2-1-8-25-20(15)28(22(18)31)13-19(29)27-9-7-16(12-27)23(32)33;19-13-5-3-11(4-6-13)9-21-17(25)14-8-12-2-1-7-20-16(12)22(18(14)26)10-15(23)24;1-9-6(8)5-2-3-7-4-5/h1-6,8,10,16H,7,9,11-13H2,(H,26,30)(H,32,33);1-8H,9-10H2,(H,21,25)(H,23,24);5,7H,2-4H2,1H3. The van der Waals surface area contributed by atoms with Crippen LogP contribution in [0.2, 0.25) is 10.0 Å². The summed E-state index contributed by atoms with van der Waals surface area (Å²) in [5, 5.41) is 28.9. The Hall–Kier alpha value is -7.48. The van der Waals surface area contributed by atoms with Crippen molar-refractivity contribution in [2.45, 2.75) is 39.0 Å². The Kier molecular flexibility index (Phi) is 17.1. The topological polar surface area (TPSA) is 261 Å². The van der Waals surface area contributed by atoms with Crippen LogP contribution >= 0.6 is 23.2 Å². The molecule has 2 saturated heterocycles. The van der Waals surface area contributed by atoms with Gasteiger partial charge in [0, 0.05) is 65.9 Å². The van der Waals surface area contributed by atoms with Gasteiger partial charge in [0.25, 0.3) is 22.9 Å². The number of fused-ring (bicyclic) bond motifs is 2. The quantitative estimate of drug-likeness (QED) is 0.110. The van der Waals surface area contributed by atoms with Crippen molar-refractivity contribution in [3.63, 3.8) is 0 Å². The van der Waals surface area contributed by atoms with Gasteiger partial charge in [-0.25, -0.2) is 9.97 Å². The molecule has 2 aliphatic heterocycles. The molecule has 2 unspecified atom stereocenters. The van der Waals surface area contributed by atoms with Crippen LogP contribution in [0.3, 0.4) is 0 Å². The minimum Gasteiger partial charge on any atom is -0.481 e. The van der Waals surface area contributed by atoms with E-state index in [0.717, 1.165) is 35.2 Å². The number of benzene rings is 2. The number of aromatic nitrogens is 4. The molecule has 0 spiro atoms. The number of carboxylic acids is 2. The number of carbonyl (C=O) groups is 6. The first kappa shape index (κ1) is 49.9. The van der Waals surface area contributed by atoms with Crippen molar-refractivity contribution in [2.24, 2.45) is 11.8 Å². The van der Waals surface area contributed by atoms with Gasteiger partial charge in [0.1, 0.15) is 35.5 Å². The third-order valence-corrected chi connectivity index (χ3v) is 11.5. The minimum atomic E-state index is -1.20. The summed E-state index contributed by atoms with van der Waals surface area (Å²) < 4.78 is 6.71. The molecule has 0 aliphatic carbocycles. The van der Waals surface area contributed by atoms with E-state index >= 15 is 0 Å². The first-order chi connectivity index (χ1) is 32.6. The van der Waals surface area contributed by atoms with Crippen molar-refractivity contribution in [1.29, 1.82) is 0 Å². The van der Waals surface area contributed by atoms with E-state index in [2.05, 4.69) is 30.7 Å². The van der Waals surface area contributed by atoms with Crippen LogP contribution < -0.4 is 27.1 Å². The molecule has 0 bridgehead atoms. The molecule has 354 valence electrons. The largest absolute Gasteiger partial charge is 0.481 e. The second-order valence-electron chi connectivity index (χ2n) is 15.6. The Morgan fingerprint density at radius 3 is 1.65 bits per heavy atom. The fourth-order valence-electron chi connectivity index (χ4n) is 7.37. The van der Waals surface area contributed by atoms with E-state index in [1.54, 1.807) is 72.8 Å². The lowest BCUT2D eigenvalue weighted by atomic mass is 10.1. The highest BCUT2D eigenvalue weighted by Crippen LogP contribution is 2.19. The van der Waals surface area contributed by atoms with Gasteiger partial charge in [-0.2, -0.15) is 0 Å². The molecule has 0 radical (unpaired) electrons. The zero-order valence-corrected chi connectivity index (χ0v) is 38.0. The lowest BCUT2D eigenvalue weighted by Gasteiger charge is -2.18. The van der Waals surface area contributed by atoms with E-state index in [1.807, 2.05) is 0 Å². The van der Waals surface area contributed by atoms with Gasteiger partial charge in [-0.05, 0) is 91.2 Å². The second kappa shape index (κ2) is 23.3. The third-order valence-electron chi connectivity index (χ3n) is 11.0.